The second kappa shape index (κ2) is 20.1. The van der Waals surface area contributed by atoms with E-state index >= 15 is 0 Å². The molecule has 0 heterocycles. The van der Waals surface area contributed by atoms with Crippen molar-refractivity contribution in [2.24, 2.45) is 17.8 Å². The van der Waals surface area contributed by atoms with Crippen molar-refractivity contribution in [1.82, 2.24) is 0 Å². The summed E-state index contributed by atoms with van der Waals surface area (Å²) < 4.78 is 0. The Morgan fingerprint density at radius 3 is 1.80 bits per heavy atom. The van der Waals surface area contributed by atoms with Gasteiger partial charge in [-0.15, -0.1) is 0 Å². The zero-order chi connectivity index (χ0) is 48.5. The number of hydrogen-bond donors (Lipinski definition) is 0. The molecule has 9 rings (SSSR count). The van der Waals surface area contributed by atoms with Gasteiger partial charge in [0.25, 0.3) is 0 Å². The summed E-state index contributed by atoms with van der Waals surface area (Å²) in [5, 5.41) is 6.50. The van der Waals surface area contributed by atoms with Crippen LogP contribution in [0.15, 0.2) is 176 Å². The van der Waals surface area contributed by atoms with E-state index in [1.54, 1.807) is 0 Å². The van der Waals surface area contributed by atoms with Crippen molar-refractivity contribution in [3.05, 3.63) is 209 Å². The minimum Gasteiger partial charge on any atom is -0.314 e. The summed E-state index contributed by atoms with van der Waals surface area (Å²) in [7, 11) is 0. The summed E-state index contributed by atoms with van der Waals surface area (Å²) in [5.74, 6) is 2.54. The third kappa shape index (κ3) is 9.56. The van der Waals surface area contributed by atoms with Crippen molar-refractivity contribution in [2.45, 2.75) is 107 Å². The number of rotatable bonds is 13. The fourth-order valence-corrected chi connectivity index (χ4v) is 10.9. The zero-order valence-corrected chi connectivity index (χ0v) is 43.1. The average Bonchev–Trinajstić information content (AvgIpc) is 3.36. The van der Waals surface area contributed by atoms with Gasteiger partial charge in [-0.05, 0) is 190 Å². The smallest absolute Gasteiger partial charge is 0.0543 e. The molecule has 0 aromatic heterocycles. The normalized spacial score (nSPS) is 14.9. The molecule has 0 saturated carbocycles. The molecule has 0 radical (unpaired) electrons. The summed E-state index contributed by atoms with van der Waals surface area (Å²) in [5.41, 5.74) is 19.0. The summed E-state index contributed by atoms with van der Waals surface area (Å²) in [6.45, 7) is 25.5. The number of benzene rings is 8. The lowest BCUT2D eigenvalue weighted by Gasteiger charge is -2.31. The number of anilines is 5. The maximum atomic E-state index is 2.55. The van der Waals surface area contributed by atoms with Gasteiger partial charge in [0, 0.05) is 33.8 Å². The number of hydrogen-bond acceptors (Lipinski definition) is 2. The number of allylic oxidation sites excluding steroid dienone is 4. The fraction of sp³-hybridized carbons (Fsp3) is 0.284. The van der Waals surface area contributed by atoms with E-state index in [-0.39, 0.29) is 5.92 Å². The van der Waals surface area contributed by atoms with Gasteiger partial charge in [-0.25, -0.2) is 0 Å². The van der Waals surface area contributed by atoms with Crippen LogP contribution >= 0.6 is 0 Å². The largest absolute Gasteiger partial charge is 0.314 e. The topological polar surface area (TPSA) is 6.48 Å². The van der Waals surface area contributed by atoms with Gasteiger partial charge in [-0.1, -0.05) is 177 Å². The van der Waals surface area contributed by atoms with Crippen LogP contribution in [0, 0.1) is 31.6 Å². The number of para-hydroxylation sites is 2. The standard InChI is InChI=1S/C67H72N2/c1-43(2)50-29-33-52(34-30-50)54-27-25-47(9)64(40-54)68(56-19-14-12-15-20-56)49(11)39-62(45(5)6)58-37-38-61-66(42-63(46(7)8)60-24-18-23-59(58)67(60)61)69(57-21-16-13-17-22-57)65-41-55(28-26-48(65)10)53-35-31-51(32-36-53)44(3)4/h12-30,33-35,37-46,51H,31-32,36H2,1-11H3/b49-39+,62-58+. The molecule has 1 unspecified atom stereocenters. The van der Waals surface area contributed by atoms with E-state index in [2.05, 4.69) is 256 Å². The van der Waals surface area contributed by atoms with Crippen molar-refractivity contribution in [1.29, 1.82) is 0 Å². The van der Waals surface area contributed by atoms with Crippen LogP contribution in [-0.2, 0) is 0 Å². The Morgan fingerprint density at radius 2 is 1.17 bits per heavy atom. The van der Waals surface area contributed by atoms with Crippen LogP contribution in [-0.4, -0.2) is 0 Å². The van der Waals surface area contributed by atoms with Crippen LogP contribution in [0.4, 0.5) is 28.4 Å². The molecule has 8 aromatic carbocycles. The van der Waals surface area contributed by atoms with E-state index < -0.39 is 0 Å². The molecule has 0 aliphatic heterocycles. The molecular formula is C67H72N2. The molecule has 8 aromatic rings. The minimum atomic E-state index is 0.254. The lowest BCUT2D eigenvalue weighted by Crippen LogP contribution is -2.18. The molecule has 1 aliphatic rings. The second-order valence-corrected chi connectivity index (χ2v) is 21.1. The van der Waals surface area contributed by atoms with Gasteiger partial charge in [-0.3, -0.25) is 0 Å². The molecule has 1 atom stereocenters. The van der Waals surface area contributed by atoms with E-state index in [1.807, 2.05) is 0 Å². The SMILES string of the molecule is C/C(=C\C(=c1\ccc2c(N(c3ccccc3)c3cc(C4=CCC(C(C)C)CC4)ccc3C)cc(C(C)C)c3cccc1c32)C(C)C)N(c1ccccc1)c1cc(-c2ccc(C(C)C)cc2)ccc1C. The summed E-state index contributed by atoms with van der Waals surface area (Å²) in [4.78, 5) is 5.01. The third-order valence-electron chi connectivity index (χ3n) is 15.0. The van der Waals surface area contributed by atoms with E-state index in [1.165, 1.54) is 112 Å². The van der Waals surface area contributed by atoms with Gasteiger partial charge >= 0.3 is 0 Å². The highest BCUT2D eigenvalue weighted by molar-refractivity contribution is 6.17. The molecule has 0 saturated heterocycles. The lowest BCUT2D eigenvalue weighted by atomic mass is 9.80. The predicted octanol–water partition coefficient (Wildman–Crippen LogP) is 19.1. The van der Waals surface area contributed by atoms with Crippen molar-refractivity contribution < 1.29 is 0 Å². The van der Waals surface area contributed by atoms with Crippen molar-refractivity contribution in [3.63, 3.8) is 0 Å². The quantitative estimate of drug-likeness (QED) is 0.114. The van der Waals surface area contributed by atoms with Crippen molar-refractivity contribution >= 4 is 61.1 Å². The van der Waals surface area contributed by atoms with E-state index in [9.17, 15) is 0 Å². The highest BCUT2D eigenvalue weighted by Crippen LogP contribution is 2.46. The summed E-state index contributed by atoms with van der Waals surface area (Å²) >= 11 is 0. The van der Waals surface area contributed by atoms with Gasteiger partial charge in [-0.2, -0.15) is 0 Å². The molecule has 0 bridgehead atoms. The van der Waals surface area contributed by atoms with E-state index in [0.29, 0.717) is 17.8 Å². The first-order valence-electron chi connectivity index (χ1n) is 25.7. The Kier molecular flexibility index (Phi) is 13.8. The maximum Gasteiger partial charge on any atom is 0.0543 e. The van der Waals surface area contributed by atoms with E-state index in [0.717, 1.165) is 24.4 Å². The Balaban J connectivity index is 1.25. The van der Waals surface area contributed by atoms with Crippen molar-refractivity contribution in [2.75, 3.05) is 9.80 Å². The molecule has 69 heavy (non-hydrogen) atoms. The highest BCUT2D eigenvalue weighted by atomic mass is 15.2. The number of aryl methyl sites for hydroxylation is 2. The van der Waals surface area contributed by atoms with Crippen LogP contribution < -0.4 is 15.0 Å². The molecule has 0 amide bonds. The lowest BCUT2D eigenvalue weighted by molar-refractivity contribution is 0.359. The third-order valence-corrected chi connectivity index (χ3v) is 15.0. The second-order valence-electron chi connectivity index (χ2n) is 21.1. The monoisotopic (exact) mass is 905 g/mol. The van der Waals surface area contributed by atoms with Gasteiger partial charge in [0.05, 0.1) is 5.69 Å². The first-order valence-corrected chi connectivity index (χ1v) is 25.7. The first-order chi connectivity index (χ1) is 33.3. The molecule has 2 nitrogen and oxygen atoms in total. The Bertz CT molecular complexity index is 3220. The van der Waals surface area contributed by atoms with Gasteiger partial charge < -0.3 is 9.80 Å². The summed E-state index contributed by atoms with van der Waals surface area (Å²) in [6, 6.07) is 59.5. The molecule has 1 aliphatic carbocycles. The molecule has 0 fully saturated rings. The van der Waals surface area contributed by atoms with Gasteiger partial charge in [0.2, 0.25) is 0 Å². The van der Waals surface area contributed by atoms with Crippen LogP contribution in [0.2, 0.25) is 0 Å². The Labute approximate surface area is 413 Å². The highest BCUT2D eigenvalue weighted by Gasteiger charge is 2.25. The van der Waals surface area contributed by atoms with Crippen LogP contribution in [0.3, 0.4) is 0 Å². The van der Waals surface area contributed by atoms with Crippen LogP contribution in [0.5, 0.6) is 0 Å². The number of nitrogens with zero attached hydrogens (tertiary/aromatic N) is 2. The van der Waals surface area contributed by atoms with Crippen LogP contribution in [0.1, 0.15) is 121 Å². The molecule has 0 N–H and O–H groups in total. The predicted molar refractivity (Wildman–Crippen MR) is 302 cm³/mol. The summed E-state index contributed by atoms with van der Waals surface area (Å²) in [6.07, 6.45) is 8.54. The Morgan fingerprint density at radius 1 is 0.551 bits per heavy atom. The fourth-order valence-electron chi connectivity index (χ4n) is 10.9. The molecule has 2 heteroatoms. The minimum absolute atomic E-state index is 0.254. The molecule has 350 valence electrons. The van der Waals surface area contributed by atoms with Crippen LogP contribution in [0.25, 0.3) is 43.8 Å². The van der Waals surface area contributed by atoms with Gasteiger partial charge in [0.1, 0.15) is 0 Å². The van der Waals surface area contributed by atoms with Gasteiger partial charge in [0.15, 0.2) is 0 Å². The molecular weight excluding hydrogens is 833 g/mol. The van der Waals surface area contributed by atoms with Crippen molar-refractivity contribution in [3.8, 4) is 11.1 Å². The maximum absolute atomic E-state index is 2.55. The Hall–Kier alpha value is -6.64. The first kappa shape index (κ1) is 47.4. The zero-order valence-electron chi connectivity index (χ0n) is 43.1. The molecule has 0 spiro atoms. The average molecular weight is 905 g/mol. The van der Waals surface area contributed by atoms with E-state index in [4.69, 9.17) is 0 Å².